The van der Waals surface area contributed by atoms with Gasteiger partial charge in [-0.05, 0) is 40.5 Å². The van der Waals surface area contributed by atoms with Gasteiger partial charge >= 0.3 is 0 Å². The first-order chi connectivity index (χ1) is 9.47. The van der Waals surface area contributed by atoms with Gasteiger partial charge in [0.2, 0.25) is 0 Å². The zero-order chi connectivity index (χ0) is 14.7. The number of rotatable bonds is 4. The lowest BCUT2D eigenvalue weighted by atomic mass is 10.0. The largest absolute Gasteiger partial charge is 0.457 e. The lowest BCUT2D eigenvalue weighted by Gasteiger charge is -2.20. The van der Waals surface area contributed by atoms with Crippen molar-refractivity contribution in [1.29, 1.82) is 0 Å². The summed E-state index contributed by atoms with van der Waals surface area (Å²) < 4.78 is 18.2. The number of carbonyl (C=O) groups is 1. The van der Waals surface area contributed by atoms with Crippen molar-refractivity contribution in [2.24, 2.45) is 0 Å². The fraction of sp³-hybridized carbons (Fsp3) is 0.214. The van der Waals surface area contributed by atoms with E-state index in [4.69, 9.17) is 4.42 Å². The number of hydrogen-bond acceptors (Lipinski definition) is 3. The number of carbonyl (C=O) groups excluding carboxylic acids is 1. The van der Waals surface area contributed by atoms with Crippen molar-refractivity contribution in [2.75, 3.05) is 0 Å². The number of furan rings is 1. The summed E-state index contributed by atoms with van der Waals surface area (Å²) in [6, 6.07) is 6.50. The standard InChI is InChI=1S/C14H13BrFNO3/c1-8(13(18)9-2-4-11(16)5-3-9)17-14(19)10-6-12(15)20-7-10/h2-8,13,18H,1H3,(H,17,19). The minimum absolute atomic E-state index is 0.354. The van der Waals surface area contributed by atoms with Crippen molar-refractivity contribution in [2.45, 2.75) is 19.1 Å². The van der Waals surface area contributed by atoms with Gasteiger partial charge in [-0.25, -0.2) is 4.39 Å². The molecule has 0 fully saturated rings. The Morgan fingerprint density at radius 1 is 1.40 bits per heavy atom. The Hall–Kier alpha value is -1.66. The van der Waals surface area contributed by atoms with E-state index in [9.17, 15) is 14.3 Å². The molecule has 2 atom stereocenters. The van der Waals surface area contributed by atoms with Crippen LogP contribution in [0.5, 0.6) is 0 Å². The van der Waals surface area contributed by atoms with Gasteiger partial charge in [-0.2, -0.15) is 0 Å². The number of nitrogens with one attached hydrogen (secondary N) is 1. The maximum absolute atomic E-state index is 12.8. The molecule has 1 heterocycles. The van der Waals surface area contributed by atoms with Gasteiger partial charge in [0.05, 0.1) is 17.7 Å². The zero-order valence-corrected chi connectivity index (χ0v) is 12.2. The van der Waals surface area contributed by atoms with Gasteiger partial charge in [0.15, 0.2) is 4.67 Å². The molecule has 0 aliphatic carbocycles. The Bertz CT molecular complexity index is 597. The van der Waals surface area contributed by atoms with Crippen LogP contribution in [0.4, 0.5) is 4.39 Å². The van der Waals surface area contributed by atoms with Crippen molar-refractivity contribution < 1.29 is 18.7 Å². The van der Waals surface area contributed by atoms with Crippen LogP contribution in [0.3, 0.4) is 0 Å². The summed E-state index contributed by atoms with van der Waals surface area (Å²) in [4.78, 5) is 11.9. The van der Waals surface area contributed by atoms with E-state index in [0.29, 0.717) is 15.8 Å². The van der Waals surface area contributed by atoms with E-state index in [1.165, 1.54) is 36.6 Å². The van der Waals surface area contributed by atoms with Crippen LogP contribution in [-0.4, -0.2) is 17.1 Å². The molecule has 0 spiro atoms. The molecule has 0 radical (unpaired) electrons. The lowest BCUT2D eigenvalue weighted by molar-refractivity contribution is 0.0851. The van der Waals surface area contributed by atoms with Crippen LogP contribution in [0.25, 0.3) is 0 Å². The lowest BCUT2D eigenvalue weighted by Crippen LogP contribution is -2.36. The number of aliphatic hydroxyl groups excluding tert-OH is 1. The number of hydrogen-bond donors (Lipinski definition) is 2. The maximum atomic E-state index is 12.8. The molecule has 2 rings (SSSR count). The normalized spacial score (nSPS) is 13.8. The summed E-state index contributed by atoms with van der Waals surface area (Å²) in [7, 11) is 0. The smallest absolute Gasteiger partial charge is 0.254 e. The van der Waals surface area contributed by atoms with E-state index < -0.39 is 12.1 Å². The van der Waals surface area contributed by atoms with Gasteiger partial charge in [0.25, 0.3) is 5.91 Å². The van der Waals surface area contributed by atoms with Crippen LogP contribution < -0.4 is 5.32 Å². The third-order valence-electron chi connectivity index (χ3n) is 2.87. The van der Waals surface area contributed by atoms with Gasteiger partial charge in [0, 0.05) is 6.07 Å². The van der Waals surface area contributed by atoms with Crippen LogP contribution in [0.15, 0.2) is 45.7 Å². The molecular formula is C14H13BrFNO3. The van der Waals surface area contributed by atoms with Crippen LogP contribution in [0.1, 0.15) is 28.9 Å². The number of halogens is 2. The van der Waals surface area contributed by atoms with E-state index in [1.54, 1.807) is 6.92 Å². The van der Waals surface area contributed by atoms with E-state index >= 15 is 0 Å². The highest BCUT2D eigenvalue weighted by Crippen LogP contribution is 2.18. The van der Waals surface area contributed by atoms with Crippen molar-refractivity contribution in [1.82, 2.24) is 5.32 Å². The summed E-state index contributed by atoms with van der Waals surface area (Å²) in [5.74, 6) is -0.728. The molecule has 0 aliphatic rings. The summed E-state index contributed by atoms with van der Waals surface area (Å²) in [6.07, 6.45) is 0.394. The zero-order valence-electron chi connectivity index (χ0n) is 10.6. The fourth-order valence-electron chi connectivity index (χ4n) is 1.75. The Balaban J connectivity index is 2.02. The first-order valence-corrected chi connectivity index (χ1v) is 6.75. The van der Waals surface area contributed by atoms with Gasteiger partial charge in [-0.3, -0.25) is 4.79 Å². The van der Waals surface area contributed by atoms with Crippen LogP contribution in [-0.2, 0) is 0 Å². The van der Waals surface area contributed by atoms with Crippen LogP contribution in [0, 0.1) is 5.82 Å². The maximum Gasteiger partial charge on any atom is 0.254 e. The molecule has 1 aromatic heterocycles. The predicted octanol–water partition coefficient (Wildman–Crippen LogP) is 3.03. The highest BCUT2D eigenvalue weighted by Gasteiger charge is 2.20. The van der Waals surface area contributed by atoms with E-state index in [1.807, 2.05) is 0 Å². The highest BCUT2D eigenvalue weighted by atomic mass is 79.9. The van der Waals surface area contributed by atoms with Gasteiger partial charge in [0.1, 0.15) is 12.1 Å². The Morgan fingerprint density at radius 2 is 2.05 bits per heavy atom. The quantitative estimate of drug-likeness (QED) is 0.898. The molecule has 2 aromatic rings. The summed E-state index contributed by atoms with van der Waals surface area (Å²) in [5, 5.41) is 12.8. The molecule has 4 nitrogen and oxygen atoms in total. The van der Waals surface area contributed by atoms with Gasteiger partial charge in [-0.1, -0.05) is 12.1 Å². The van der Waals surface area contributed by atoms with Crippen LogP contribution in [0.2, 0.25) is 0 Å². The minimum Gasteiger partial charge on any atom is -0.457 e. The summed E-state index contributed by atoms with van der Waals surface area (Å²) in [6.45, 7) is 1.67. The highest BCUT2D eigenvalue weighted by molar-refractivity contribution is 9.10. The number of benzene rings is 1. The molecule has 2 N–H and O–H groups in total. The molecular weight excluding hydrogens is 329 g/mol. The SMILES string of the molecule is CC(NC(=O)c1coc(Br)c1)C(O)c1ccc(F)cc1. The fourth-order valence-corrected chi connectivity index (χ4v) is 2.09. The Kier molecular flexibility index (Phi) is 4.57. The minimum atomic E-state index is -0.921. The second-order valence-electron chi connectivity index (χ2n) is 4.40. The van der Waals surface area contributed by atoms with Crippen molar-refractivity contribution in [3.8, 4) is 0 Å². The van der Waals surface area contributed by atoms with Gasteiger partial charge < -0.3 is 14.8 Å². The molecule has 0 aliphatic heterocycles. The monoisotopic (exact) mass is 341 g/mol. The molecule has 1 aromatic carbocycles. The first-order valence-electron chi connectivity index (χ1n) is 5.96. The second kappa shape index (κ2) is 6.19. The van der Waals surface area contributed by atoms with Crippen molar-refractivity contribution in [3.05, 3.63) is 58.2 Å². The molecule has 20 heavy (non-hydrogen) atoms. The second-order valence-corrected chi connectivity index (χ2v) is 5.18. The van der Waals surface area contributed by atoms with Crippen LogP contribution >= 0.6 is 15.9 Å². The average molecular weight is 342 g/mol. The van der Waals surface area contributed by atoms with Gasteiger partial charge in [-0.15, -0.1) is 0 Å². The van der Waals surface area contributed by atoms with Crippen molar-refractivity contribution in [3.63, 3.8) is 0 Å². The van der Waals surface area contributed by atoms with E-state index in [-0.39, 0.29) is 11.7 Å². The number of amides is 1. The molecule has 6 heteroatoms. The van der Waals surface area contributed by atoms with E-state index in [2.05, 4.69) is 21.2 Å². The summed E-state index contributed by atoms with van der Waals surface area (Å²) in [5.41, 5.74) is 0.891. The Morgan fingerprint density at radius 3 is 2.60 bits per heavy atom. The topological polar surface area (TPSA) is 62.5 Å². The third kappa shape index (κ3) is 3.46. The molecule has 2 unspecified atom stereocenters. The third-order valence-corrected chi connectivity index (χ3v) is 3.29. The Labute approximate surface area is 123 Å². The first kappa shape index (κ1) is 14.7. The average Bonchev–Trinajstić information content (AvgIpc) is 2.85. The molecule has 0 saturated heterocycles. The molecule has 106 valence electrons. The predicted molar refractivity (Wildman–Crippen MR) is 74.7 cm³/mol. The molecule has 1 amide bonds. The molecule has 0 saturated carbocycles. The molecule has 0 bridgehead atoms. The van der Waals surface area contributed by atoms with E-state index in [0.717, 1.165) is 0 Å². The summed E-state index contributed by atoms with van der Waals surface area (Å²) >= 11 is 3.11. The number of aliphatic hydroxyl groups is 1. The van der Waals surface area contributed by atoms with Crippen molar-refractivity contribution >= 4 is 21.8 Å².